The fourth-order valence-corrected chi connectivity index (χ4v) is 3.99. The average Bonchev–Trinajstić information content (AvgIpc) is 3.41. The Labute approximate surface area is 153 Å². The largest absolute Gasteiger partial charge is 0.331 e. The molecule has 26 heavy (non-hydrogen) atoms. The van der Waals surface area contributed by atoms with Crippen molar-refractivity contribution in [1.29, 1.82) is 0 Å². The minimum atomic E-state index is -0.345. The van der Waals surface area contributed by atoms with E-state index in [1.54, 1.807) is 16.0 Å². The van der Waals surface area contributed by atoms with Crippen LogP contribution in [0.15, 0.2) is 54.9 Å². The molecule has 1 saturated carbocycles. The lowest BCUT2D eigenvalue weighted by atomic mass is 10.1. The molecule has 2 amide bonds. The maximum absolute atomic E-state index is 13.0. The van der Waals surface area contributed by atoms with Gasteiger partial charge in [-0.15, -0.1) is 0 Å². The van der Waals surface area contributed by atoms with Crippen molar-refractivity contribution in [2.24, 2.45) is 5.92 Å². The zero-order valence-electron chi connectivity index (χ0n) is 14.9. The predicted octanol–water partition coefficient (Wildman–Crippen LogP) is 2.84. The Morgan fingerprint density at radius 3 is 2.73 bits per heavy atom. The van der Waals surface area contributed by atoms with E-state index in [4.69, 9.17) is 0 Å². The molecule has 2 aliphatic rings. The van der Waals surface area contributed by atoms with E-state index in [1.165, 1.54) is 0 Å². The van der Waals surface area contributed by atoms with Crippen LogP contribution in [0.25, 0.3) is 0 Å². The van der Waals surface area contributed by atoms with E-state index in [1.807, 2.05) is 55.6 Å². The highest BCUT2D eigenvalue weighted by molar-refractivity contribution is 6.01. The zero-order valence-corrected chi connectivity index (χ0v) is 14.9. The Kier molecular flexibility index (Phi) is 4.45. The van der Waals surface area contributed by atoms with Crippen molar-refractivity contribution in [2.45, 2.75) is 31.7 Å². The van der Waals surface area contributed by atoms with Crippen LogP contribution in [0, 0.1) is 5.92 Å². The van der Waals surface area contributed by atoms with Gasteiger partial charge in [-0.05, 0) is 49.4 Å². The quantitative estimate of drug-likeness (QED) is 0.834. The molecule has 2 aromatic rings. The van der Waals surface area contributed by atoms with Gasteiger partial charge in [-0.3, -0.25) is 14.6 Å². The lowest BCUT2D eigenvalue weighted by Crippen LogP contribution is -2.46. The van der Waals surface area contributed by atoms with E-state index in [9.17, 15) is 9.59 Å². The Morgan fingerprint density at radius 1 is 1.23 bits per heavy atom. The fraction of sp³-hybridized carbons (Fsp3) is 0.381. The van der Waals surface area contributed by atoms with Crippen LogP contribution in [0.1, 0.15) is 31.2 Å². The second-order valence-corrected chi connectivity index (χ2v) is 6.99. The first-order chi connectivity index (χ1) is 12.7. The molecule has 0 bridgehead atoms. The number of nitrogens with zero attached hydrogens (tertiary/aromatic N) is 3. The molecule has 2 fully saturated rings. The maximum atomic E-state index is 13.0. The molecule has 3 unspecified atom stereocenters. The molecule has 3 atom stereocenters. The SMILES string of the molecule is CCN(C(=O)C1CC1c1cccnc1)C1CCN(c2ccccc2)C1=O. The lowest BCUT2D eigenvalue weighted by molar-refractivity contribution is -0.139. The topological polar surface area (TPSA) is 53.5 Å². The van der Waals surface area contributed by atoms with Crippen LogP contribution in [0.5, 0.6) is 0 Å². The average molecular weight is 349 g/mol. The predicted molar refractivity (Wildman–Crippen MR) is 99.7 cm³/mol. The highest BCUT2D eigenvalue weighted by atomic mass is 16.2. The Hall–Kier alpha value is -2.69. The number of rotatable bonds is 5. The lowest BCUT2D eigenvalue weighted by Gasteiger charge is -2.27. The molecule has 4 rings (SSSR count). The number of para-hydroxylation sites is 1. The number of anilines is 1. The molecule has 1 saturated heterocycles. The highest BCUT2D eigenvalue weighted by Crippen LogP contribution is 2.48. The summed E-state index contributed by atoms with van der Waals surface area (Å²) in [5.74, 6) is 0.365. The van der Waals surface area contributed by atoms with E-state index >= 15 is 0 Å². The molecule has 0 radical (unpaired) electrons. The third-order valence-electron chi connectivity index (χ3n) is 5.47. The fourth-order valence-electron chi connectivity index (χ4n) is 3.99. The van der Waals surface area contributed by atoms with E-state index in [-0.39, 0.29) is 29.7 Å². The summed E-state index contributed by atoms with van der Waals surface area (Å²) in [6.45, 7) is 3.18. The first-order valence-electron chi connectivity index (χ1n) is 9.27. The molecule has 2 heterocycles. The van der Waals surface area contributed by atoms with Crippen LogP contribution in [0.2, 0.25) is 0 Å². The van der Waals surface area contributed by atoms with Crippen LogP contribution in [0.3, 0.4) is 0 Å². The van der Waals surface area contributed by atoms with Gasteiger partial charge < -0.3 is 9.80 Å². The van der Waals surface area contributed by atoms with Gasteiger partial charge in [0.2, 0.25) is 11.8 Å². The van der Waals surface area contributed by atoms with Gasteiger partial charge in [0, 0.05) is 37.1 Å². The molecular weight excluding hydrogens is 326 g/mol. The number of hydrogen-bond donors (Lipinski definition) is 0. The third kappa shape index (κ3) is 2.98. The third-order valence-corrected chi connectivity index (χ3v) is 5.47. The van der Waals surface area contributed by atoms with E-state index in [0.29, 0.717) is 19.5 Å². The van der Waals surface area contributed by atoms with Crippen molar-refractivity contribution in [2.75, 3.05) is 18.0 Å². The molecule has 0 spiro atoms. The van der Waals surface area contributed by atoms with Crippen molar-refractivity contribution in [3.05, 3.63) is 60.4 Å². The van der Waals surface area contributed by atoms with Gasteiger partial charge in [-0.25, -0.2) is 0 Å². The van der Waals surface area contributed by atoms with Crippen molar-refractivity contribution in [3.8, 4) is 0 Å². The van der Waals surface area contributed by atoms with Crippen LogP contribution < -0.4 is 4.90 Å². The highest BCUT2D eigenvalue weighted by Gasteiger charge is 2.48. The molecular formula is C21H23N3O2. The summed E-state index contributed by atoms with van der Waals surface area (Å²) in [4.78, 5) is 33.7. The van der Waals surface area contributed by atoms with E-state index in [2.05, 4.69) is 4.98 Å². The number of pyridine rings is 1. The van der Waals surface area contributed by atoms with Crippen LogP contribution in [-0.4, -0.2) is 40.8 Å². The van der Waals surface area contributed by atoms with Crippen LogP contribution in [0.4, 0.5) is 5.69 Å². The number of carbonyl (C=O) groups excluding carboxylic acids is 2. The van der Waals surface area contributed by atoms with Gasteiger partial charge in [0.1, 0.15) is 6.04 Å². The number of amides is 2. The number of aromatic nitrogens is 1. The van der Waals surface area contributed by atoms with Gasteiger partial charge in [-0.2, -0.15) is 0 Å². The summed E-state index contributed by atoms with van der Waals surface area (Å²) in [6, 6.07) is 13.3. The number of likely N-dealkylation sites (N-methyl/N-ethyl adjacent to an activating group) is 1. The number of carbonyl (C=O) groups is 2. The molecule has 1 aromatic carbocycles. The van der Waals surface area contributed by atoms with Crippen molar-refractivity contribution >= 4 is 17.5 Å². The maximum Gasteiger partial charge on any atom is 0.249 e. The van der Waals surface area contributed by atoms with Gasteiger partial charge in [0.15, 0.2) is 0 Å². The van der Waals surface area contributed by atoms with Crippen LogP contribution >= 0.6 is 0 Å². The Bertz CT molecular complexity index is 793. The molecule has 5 heteroatoms. The van der Waals surface area contributed by atoms with Crippen molar-refractivity contribution in [3.63, 3.8) is 0 Å². The number of hydrogen-bond acceptors (Lipinski definition) is 3. The van der Waals surface area contributed by atoms with Gasteiger partial charge in [0.25, 0.3) is 0 Å². The van der Waals surface area contributed by atoms with Gasteiger partial charge >= 0.3 is 0 Å². The Balaban J connectivity index is 1.46. The minimum absolute atomic E-state index is 0.0160. The van der Waals surface area contributed by atoms with Crippen molar-refractivity contribution in [1.82, 2.24) is 9.88 Å². The van der Waals surface area contributed by atoms with Crippen molar-refractivity contribution < 1.29 is 9.59 Å². The first kappa shape index (κ1) is 16.8. The Morgan fingerprint density at radius 2 is 2.04 bits per heavy atom. The summed E-state index contributed by atoms with van der Waals surface area (Å²) in [7, 11) is 0. The number of benzene rings is 1. The molecule has 1 aliphatic heterocycles. The summed E-state index contributed by atoms with van der Waals surface area (Å²) in [5, 5.41) is 0. The second kappa shape index (κ2) is 6.90. The molecule has 1 aliphatic carbocycles. The normalized spacial score (nSPS) is 24.6. The first-order valence-corrected chi connectivity index (χ1v) is 9.27. The smallest absolute Gasteiger partial charge is 0.249 e. The standard InChI is InChI=1S/C21H23N3O2/c1-2-23(20(25)18-13-17(18)15-7-6-11-22-14-15)19-10-12-24(21(19)26)16-8-4-3-5-9-16/h3-9,11,14,17-19H,2,10,12-13H2,1H3. The van der Waals surface area contributed by atoms with Gasteiger partial charge in [0.05, 0.1) is 0 Å². The molecule has 134 valence electrons. The summed E-state index contributed by atoms with van der Waals surface area (Å²) < 4.78 is 0. The summed E-state index contributed by atoms with van der Waals surface area (Å²) >= 11 is 0. The van der Waals surface area contributed by atoms with E-state index < -0.39 is 0 Å². The second-order valence-electron chi connectivity index (χ2n) is 6.99. The molecule has 1 aromatic heterocycles. The van der Waals surface area contributed by atoms with Gasteiger partial charge in [-0.1, -0.05) is 24.3 Å². The van der Waals surface area contributed by atoms with E-state index in [0.717, 1.165) is 17.7 Å². The zero-order chi connectivity index (χ0) is 18.1. The summed E-state index contributed by atoms with van der Waals surface area (Å²) in [5.41, 5.74) is 2.02. The molecule has 0 N–H and O–H groups in total. The summed E-state index contributed by atoms with van der Waals surface area (Å²) in [6.07, 6.45) is 5.13. The monoisotopic (exact) mass is 349 g/mol. The molecule has 5 nitrogen and oxygen atoms in total. The van der Waals surface area contributed by atoms with Crippen LogP contribution in [-0.2, 0) is 9.59 Å². The minimum Gasteiger partial charge on any atom is -0.331 e.